The molecule has 0 radical (unpaired) electrons. The Kier molecular flexibility index (Phi) is 4.04. The smallest absolute Gasteiger partial charge is 0.163 e. The zero-order valence-electron chi connectivity index (χ0n) is 12.5. The van der Waals surface area contributed by atoms with Gasteiger partial charge in [0.25, 0.3) is 0 Å². The summed E-state index contributed by atoms with van der Waals surface area (Å²) in [5, 5.41) is 0. The van der Waals surface area contributed by atoms with Gasteiger partial charge in [-0.15, -0.1) is 0 Å². The van der Waals surface area contributed by atoms with Crippen LogP contribution in [0.5, 0.6) is 0 Å². The number of hydrogen-bond acceptors (Lipinski definition) is 4. The average molecular weight is 282 g/mol. The topological polar surface area (TPSA) is 55.0 Å². The molecular formula is C17H22N4. The van der Waals surface area contributed by atoms with E-state index in [9.17, 15) is 0 Å². The Morgan fingerprint density at radius 3 is 2.81 bits per heavy atom. The van der Waals surface area contributed by atoms with Crippen molar-refractivity contribution in [1.29, 1.82) is 0 Å². The predicted octanol–water partition coefficient (Wildman–Crippen LogP) is 3.35. The monoisotopic (exact) mass is 282 g/mol. The lowest BCUT2D eigenvalue weighted by atomic mass is 10.0. The van der Waals surface area contributed by atoms with Crippen molar-refractivity contribution < 1.29 is 0 Å². The molecule has 3 rings (SSSR count). The van der Waals surface area contributed by atoms with E-state index in [1.54, 1.807) is 0 Å². The SMILES string of the molecule is CCCC1CCN(c2cc(N)nc(-c3ccccc3)n2)C1. The largest absolute Gasteiger partial charge is 0.384 e. The fourth-order valence-electron chi connectivity index (χ4n) is 3.02. The van der Waals surface area contributed by atoms with Gasteiger partial charge in [0, 0.05) is 24.7 Å². The van der Waals surface area contributed by atoms with Crippen molar-refractivity contribution in [3.8, 4) is 11.4 Å². The van der Waals surface area contributed by atoms with E-state index in [2.05, 4.69) is 16.8 Å². The highest BCUT2D eigenvalue weighted by Gasteiger charge is 2.23. The van der Waals surface area contributed by atoms with Gasteiger partial charge in [0.1, 0.15) is 11.6 Å². The van der Waals surface area contributed by atoms with Gasteiger partial charge in [0.2, 0.25) is 0 Å². The van der Waals surface area contributed by atoms with Crippen LogP contribution < -0.4 is 10.6 Å². The van der Waals surface area contributed by atoms with Crippen molar-refractivity contribution >= 4 is 11.6 Å². The Balaban J connectivity index is 1.85. The molecule has 1 fully saturated rings. The zero-order chi connectivity index (χ0) is 14.7. The number of hydrogen-bond donors (Lipinski definition) is 1. The Bertz CT molecular complexity index is 597. The Morgan fingerprint density at radius 2 is 2.05 bits per heavy atom. The molecule has 4 heteroatoms. The molecule has 110 valence electrons. The molecule has 2 N–H and O–H groups in total. The standard InChI is InChI=1S/C17H22N4/c1-2-6-13-9-10-21(12-13)16-11-15(18)19-17(20-16)14-7-4-3-5-8-14/h3-5,7-8,11,13H,2,6,9-10,12H2,1H3,(H2,18,19,20). The molecule has 1 aliphatic heterocycles. The summed E-state index contributed by atoms with van der Waals surface area (Å²) < 4.78 is 0. The molecule has 0 bridgehead atoms. The molecule has 1 saturated heterocycles. The number of rotatable bonds is 4. The van der Waals surface area contributed by atoms with Gasteiger partial charge in [0.15, 0.2) is 5.82 Å². The van der Waals surface area contributed by atoms with Crippen molar-refractivity contribution in [2.24, 2.45) is 5.92 Å². The van der Waals surface area contributed by atoms with E-state index in [-0.39, 0.29) is 0 Å². The third-order valence-corrected chi connectivity index (χ3v) is 4.07. The maximum Gasteiger partial charge on any atom is 0.163 e. The van der Waals surface area contributed by atoms with Crippen LogP contribution in [0.25, 0.3) is 11.4 Å². The molecule has 2 aromatic rings. The van der Waals surface area contributed by atoms with Gasteiger partial charge in [-0.2, -0.15) is 0 Å². The van der Waals surface area contributed by atoms with Crippen molar-refractivity contribution in [3.63, 3.8) is 0 Å². The first-order valence-corrected chi connectivity index (χ1v) is 7.71. The minimum atomic E-state index is 0.540. The van der Waals surface area contributed by atoms with E-state index >= 15 is 0 Å². The van der Waals surface area contributed by atoms with Gasteiger partial charge in [0.05, 0.1) is 0 Å². The summed E-state index contributed by atoms with van der Waals surface area (Å²) in [7, 11) is 0. The van der Waals surface area contributed by atoms with Gasteiger partial charge in [-0.1, -0.05) is 43.7 Å². The van der Waals surface area contributed by atoms with E-state index in [1.165, 1.54) is 19.3 Å². The molecule has 1 aromatic carbocycles. The molecule has 1 unspecified atom stereocenters. The van der Waals surface area contributed by atoms with E-state index in [4.69, 9.17) is 10.7 Å². The van der Waals surface area contributed by atoms with E-state index in [1.807, 2.05) is 36.4 Å². The highest BCUT2D eigenvalue weighted by atomic mass is 15.2. The summed E-state index contributed by atoms with van der Waals surface area (Å²) in [5.41, 5.74) is 6.99. The van der Waals surface area contributed by atoms with Crippen molar-refractivity contribution in [3.05, 3.63) is 36.4 Å². The summed E-state index contributed by atoms with van der Waals surface area (Å²) in [6, 6.07) is 11.9. The first-order chi connectivity index (χ1) is 10.3. The molecule has 0 aliphatic carbocycles. The molecule has 1 aliphatic rings. The van der Waals surface area contributed by atoms with Gasteiger partial charge in [-0.05, 0) is 18.8 Å². The van der Waals surface area contributed by atoms with Gasteiger partial charge < -0.3 is 10.6 Å². The molecule has 1 aromatic heterocycles. The molecule has 0 spiro atoms. The van der Waals surface area contributed by atoms with Crippen LogP contribution >= 0.6 is 0 Å². The maximum absolute atomic E-state index is 5.98. The van der Waals surface area contributed by atoms with Crippen LogP contribution in [-0.4, -0.2) is 23.1 Å². The van der Waals surface area contributed by atoms with Crippen LogP contribution in [0.15, 0.2) is 36.4 Å². The van der Waals surface area contributed by atoms with Crippen molar-refractivity contribution in [2.75, 3.05) is 23.7 Å². The average Bonchev–Trinajstić information content (AvgIpc) is 2.97. The van der Waals surface area contributed by atoms with Gasteiger partial charge >= 0.3 is 0 Å². The molecule has 4 nitrogen and oxygen atoms in total. The Hall–Kier alpha value is -2.10. The zero-order valence-corrected chi connectivity index (χ0v) is 12.5. The lowest BCUT2D eigenvalue weighted by molar-refractivity contribution is 0.529. The molecule has 0 saturated carbocycles. The highest BCUT2D eigenvalue weighted by Crippen LogP contribution is 2.27. The minimum absolute atomic E-state index is 0.540. The Morgan fingerprint density at radius 1 is 1.24 bits per heavy atom. The van der Waals surface area contributed by atoms with Crippen LogP contribution in [0.1, 0.15) is 26.2 Å². The van der Waals surface area contributed by atoms with Crippen molar-refractivity contribution in [2.45, 2.75) is 26.2 Å². The fourth-order valence-corrected chi connectivity index (χ4v) is 3.02. The first kappa shape index (κ1) is 13.9. The summed E-state index contributed by atoms with van der Waals surface area (Å²) in [6.07, 6.45) is 3.79. The van der Waals surface area contributed by atoms with Gasteiger partial charge in [-0.3, -0.25) is 0 Å². The summed E-state index contributed by atoms with van der Waals surface area (Å²) in [6.45, 7) is 4.40. The summed E-state index contributed by atoms with van der Waals surface area (Å²) in [4.78, 5) is 11.4. The van der Waals surface area contributed by atoms with E-state index in [0.717, 1.165) is 30.4 Å². The first-order valence-electron chi connectivity index (χ1n) is 7.71. The van der Waals surface area contributed by atoms with Crippen molar-refractivity contribution in [1.82, 2.24) is 9.97 Å². The van der Waals surface area contributed by atoms with Crippen LogP contribution in [0.2, 0.25) is 0 Å². The number of anilines is 2. The maximum atomic E-state index is 5.98. The molecular weight excluding hydrogens is 260 g/mol. The quantitative estimate of drug-likeness (QED) is 0.934. The molecule has 0 amide bonds. The lowest BCUT2D eigenvalue weighted by Crippen LogP contribution is -2.21. The number of nitrogens with two attached hydrogens (primary N) is 1. The Labute approximate surface area is 126 Å². The second-order valence-electron chi connectivity index (χ2n) is 5.73. The lowest BCUT2D eigenvalue weighted by Gasteiger charge is -2.18. The minimum Gasteiger partial charge on any atom is -0.384 e. The number of benzene rings is 1. The number of nitrogens with zero attached hydrogens (tertiary/aromatic N) is 3. The van der Waals surface area contributed by atoms with Crippen LogP contribution in [0.3, 0.4) is 0 Å². The molecule has 21 heavy (non-hydrogen) atoms. The van der Waals surface area contributed by atoms with Crippen LogP contribution in [-0.2, 0) is 0 Å². The predicted molar refractivity (Wildman–Crippen MR) is 87.1 cm³/mol. The normalized spacial score (nSPS) is 18.1. The fraction of sp³-hybridized carbons (Fsp3) is 0.412. The highest BCUT2D eigenvalue weighted by molar-refractivity contribution is 5.61. The third-order valence-electron chi connectivity index (χ3n) is 4.07. The second kappa shape index (κ2) is 6.12. The van der Waals surface area contributed by atoms with E-state index < -0.39 is 0 Å². The van der Waals surface area contributed by atoms with Crippen LogP contribution in [0, 0.1) is 5.92 Å². The third kappa shape index (κ3) is 3.15. The number of nitrogen functional groups attached to an aromatic ring is 1. The summed E-state index contributed by atoms with van der Waals surface area (Å²) in [5.74, 6) is 2.99. The molecule has 1 atom stereocenters. The molecule has 2 heterocycles. The summed E-state index contributed by atoms with van der Waals surface area (Å²) >= 11 is 0. The van der Waals surface area contributed by atoms with Crippen LogP contribution in [0.4, 0.5) is 11.6 Å². The van der Waals surface area contributed by atoms with E-state index in [0.29, 0.717) is 11.6 Å². The second-order valence-corrected chi connectivity index (χ2v) is 5.73. The number of aromatic nitrogens is 2. The van der Waals surface area contributed by atoms with Gasteiger partial charge in [-0.25, -0.2) is 9.97 Å².